The summed E-state index contributed by atoms with van der Waals surface area (Å²) in [5.41, 5.74) is 12.5. The first kappa shape index (κ1) is 12.1. The number of hydrogen-bond acceptors (Lipinski definition) is 3. The number of rotatable bonds is 7. The second kappa shape index (κ2) is 7.37. The fourth-order valence-electron chi connectivity index (χ4n) is 1.62. The molecule has 0 saturated carbocycles. The van der Waals surface area contributed by atoms with Crippen LogP contribution in [-0.2, 0) is 6.42 Å². The second-order valence-electron chi connectivity index (χ2n) is 3.92. The average molecular weight is 207 g/mol. The zero-order valence-corrected chi connectivity index (χ0v) is 9.23. The molecule has 0 saturated heterocycles. The number of unbranched alkanes of at least 4 members (excludes halogenated alkanes) is 2. The molecule has 0 aliphatic carbocycles. The first-order valence-corrected chi connectivity index (χ1v) is 5.68. The summed E-state index contributed by atoms with van der Waals surface area (Å²) < 4.78 is 0. The van der Waals surface area contributed by atoms with Gasteiger partial charge in [-0.1, -0.05) is 18.9 Å². The Kier molecular flexibility index (Phi) is 5.97. The molecule has 1 aromatic rings. The highest BCUT2D eigenvalue weighted by atomic mass is 14.7. The van der Waals surface area contributed by atoms with Gasteiger partial charge in [0.2, 0.25) is 0 Å². The molecule has 3 nitrogen and oxygen atoms in total. The van der Waals surface area contributed by atoms with Crippen molar-refractivity contribution in [2.24, 2.45) is 11.5 Å². The smallest absolute Gasteiger partial charge is 0.0419 e. The summed E-state index contributed by atoms with van der Waals surface area (Å²) >= 11 is 0. The lowest BCUT2D eigenvalue weighted by atomic mass is 10.0. The monoisotopic (exact) mass is 207 g/mol. The maximum atomic E-state index is 6.02. The molecule has 3 heteroatoms. The standard InChI is InChI=1S/C12H21N3/c13-8-4-1-2-6-11(14)10-12-7-3-5-9-15-12/h3,5,7,9,11H,1-2,4,6,8,10,13-14H2. The van der Waals surface area contributed by atoms with Gasteiger partial charge in [-0.15, -0.1) is 0 Å². The van der Waals surface area contributed by atoms with Crippen molar-refractivity contribution in [1.82, 2.24) is 4.98 Å². The molecule has 0 aliphatic rings. The van der Waals surface area contributed by atoms with Gasteiger partial charge in [-0.05, 0) is 31.5 Å². The molecule has 0 aromatic carbocycles. The quantitative estimate of drug-likeness (QED) is 0.665. The third-order valence-electron chi connectivity index (χ3n) is 2.48. The summed E-state index contributed by atoms with van der Waals surface area (Å²) in [5, 5.41) is 0. The van der Waals surface area contributed by atoms with Gasteiger partial charge in [0.15, 0.2) is 0 Å². The minimum Gasteiger partial charge on any atom is -0.330 e. The Morgan fingerprint density at radius 3 is 2.73 bits per heavy atom. The van der Waals surface area contributed by atoms with Crippen molar-refractivity contribution in [2.75, 3.05) is 6.54 Å². The van der Waals surface area contributed by atoms with Crippen LogP contribution in [0.3, 0.4) is 0 Å². The predicted molar refractivity (Wildman–Crippen MR) is 63.4 cm³/mol. The molecule has 0 spiro atoms. The van der Waals surface area contributed by atoms with E-state index < -0.39 is 0 Å². The lowest BCUT2D eigenvalue weighted by Crippen LogP contribution is -2.23. The molecule has 4 N–H and O–H groups in total. The van der Waals surface area contributed by atoms with Crippen LogP contribution >= 0.6 is 0 Å². The topological polar surface area (TPSA) is 64.9 Å². The molecule has 1 aromatic heterocycles. The van der Waals surface area contributed by atoms with Crippen LogP contribution in [0, 0.1) is 0 Å². The summed E-state index contributed by atoms with van der Waals surface area (Å²) in [5.74, 6) is 0. The molecular weight excluding hydrogens is 186 g/mol. The lowest BCUT2D eigenvalue weighted by Gasteiger charge is -2.10. The van der Waals surface area contributed by atoms with Gasteiger partial charge in [0.25, 0.3) is 0 Å². The van der Waals surface area contributed by atoms with Crippen molar-refractivity contribution in [1.29, 1.82) is 0 Å². The van der Waals surface area contributed by atoms with E-state index in [-0.39, 0.29) is 6.04 Å². The van der Waals surface area contributed by atoms with E-state index in [4.69, 9.17) is 11.5 Å². The Hall–Kier alpha value is -0.930. The van der Waals surface area contributed by atoms with E-state index in [1.807, 2.05) is 24.4 Å². The molecule has 1 unspecified atom stereocenters. The molecular formula is C12H21N3. The van der Waals surface area contributed by atoms with Crippen LogP contribution in [-0.4, -0.2) is 17.6 Å². The molecule has 1 atom stereocenters. The van der Waals surface area contributed by atoms with Crippen molar-refractivity contribution in [3.05, 3.63) is 30.1 Å². The van der Waals surface area contributed by atoms with Gasteiger partial charge >= 0.3 is 0 Å². The highest BCUT2D eigenvalue weighted by molar-refractivity contribution is 5.04. The van der Waals surface area contributed by atoms with Crippen LogP contribution in [0.25, 0.3) is 0 Å². The number of hydrogen-bond donors (Lipinski definition) is 2. The van der Waals surface area contributed by atoms with Gasteiger partial charge < -0.3 is 11.5 Å². The number of nitrogens with two attached hydrogens (primary N) is 2. The van der Waals surface area contributed by atoms with Gasteiger partial charge in [0.05, 0.1) is 0 Å². The van der Waals surface area contributed by atoms with Gasteiger partial charge in [-0.3, -0.25) is 4.98 Å². The summed E-state index contributed by atoms with van der Waals surface area (Å²) in [6.45, 7) is 0.787. The molecule has 0 radical (unpaired) electrons. The van der Waals surface area contributed by atoms with Crippen molar-refractivity contribution >= 4 is 0 Å². The zero-order valence-electron chi connectivity index (χ0n) is 9.23. The normalized spacial score (nSPS) is 12.7. The summed E-state index contributed by atoms with van der Waals surface area (Å²) in [6.07, 6.45) is 7.23. The molecule has 1 rings (SSSR count). The largest absolute Gasteiger partial charge is 0.330 e. The fourth-order valence-corrected chi connectivity index (χ4v) is 1.62. The molecule has 0 amide bonds. The molecule has 0 bridgehead atoms. The van der Waals surface area contributed by atoms with Crippen molar-refractivity contribution in [3.8, 4) is 0 Å². The highest BCUT2D eigenvalue weighted by Crippen LogP contribution is 2.06. The van der Waals surface area contributed by atoms with Gasteiger partial charge in [-0.2, -0.15) is 0 Å². The fraction of sp³-hybridized carbons (Fsp3) is 0.583. The van der Waals surface area contributed by atoms with Crippen LogP contribution in [0.15, 0.2) is 24.4 Å². The van der Waals surface area contributed by atoms with E-state index in [9.17, 15) is 0 Å². The van der Waals surface area contributed by atoms with Crippen LogP contribution in [0.5, 0.6) is 0 Å². The summed E-state index contributed by atoms with van der Waals surface area (Å²) in [6, 6.07) is 6.19. The third kappa shape index (κ3) is 5.50. The molecule has 0 fully saturated rings. The molecule has 84 valence electrons. The van der Waals surface area contributed by atoms with Crippen molar-refractivity contribution in [3.63, 3.8) is 0 Å². The van der Waals surface area contributed by atoms with E-state index in [1.165, 1.54) is 12.8 Å². The molecule has 15 heavy (non-hydrogen) atoms. The van der Waals surface area contributed by atoms with Crippen LogP contribution in [0.2, 0.25) is 0 Å². The predicted octanol–water partition coefficient (Wildman–Crippen LogP) is 1.47. The first-order valence-electron chi connectivity index (χ1n) is 5.68. The average Bonchev–Trinajstić information content (AvgIpc) is 2.26. The van der Waals surface area contributed by atoms with Crippen LogP contribution in [0.4, 0.5) is 0 Å². The number of pyridine rings is 1. The molecule has 1 heterocycles. The Bertz CT molecular complexity index is 248. The minimum absolute atomic E-state index is 0.234. The van der Waals surface area contributed by atoms with Crippen LogP contribution < -0.4 is 11.5 Å². The Labute approximate surface area is 91.9 Å². The van der Waals surface area contributed by atoms with Crippen molar-refractivity contribution < 1.29 is 0 Å². The Balaban J connectivity index is 2.16. The highest BCUT2D eigenvalue weighted by Gasteiger charge is 2.04. The van der Waals surface area contributed by atoms with Gasteiger partial charge in [-0.25, -0.2) is 0 Å². The zero-order chi connectivity index (χ0) is 10.9. The minimum atomic E-state index is 0.234. The maximum Gasteiger partial charge on any atom is 0.0419 e. The summed E-state index contributed by atoms with van der Waals surface area (Å²) in [4.78, 5) is 4.26. The Morgan fingerprint density at radius 2 is 2.07 bits per heavy atom. The number of aromatic nitrogens is 1. The maximum absolute atomic E-state index is 6.02. The molecule has 0 aliphatic heterocycles. The third-order valence-corrected chi connectivity index (χ3v) is 2.48. The second-order valence-corrected chi connectivity index (χ2v) is 3.92. The van der Waals surface area contributed by atoms with Gasteiger partial charge in [0.1, 0.15) is 0 Å². The Morgan fingerprint density at radius 1 is 1.20 bits per heavy atom. The van der Waals surface area contributed by atoms with E-state index in [0.29, 0.717) is 0 Å². The van der Waals surface area contributed by atoms with Gasteiger partial charge in [0, 0.05) is 24.4 Å². The van der Waals surface area contributed by atoms with E-state index in [0.717, 1.165) is 31.5 Å². The van der Waals surface area contributed by atoms with Crippen molar-refractivity contribution in [2.45, 2.75) is 38.1 Å². The van der Waals surface area contributed by atoms with E-state index in [1.54, 1.807) is 0 Å². The SMILES string of the molecule is NCCCCCC(N)Cc1ccccn1. The lowest BCUT2D eigenvalue weighted by molar-refractivity contribution is 0.547. The number of nitrogens with zero attached hydrogens (tertiary/aromatic N) is 1. The van der Waals surface area contributed by atoms with E-state index >= 15 is 0 Å². The first-order chi connectivity index (χ1) is 7.33. The summed E-state index contributed by atoms with van der Waals surface area (Å²) in [7, 11) is 0. The van der Waals surface area contributed by atoms with E-state index in [2.05, 4.69) is 4.98 Å². The van der Waals surface area contributed by atoms with Crippen LogP contribution in [0.1, 0.15) is 31.4 Å².